The van der Waals surface area contributed by atoms with E-state index in [2.05, 4.69) is 61.0 Å². The molecule has 0 bridgehead atoms. The molecule has 31 heavy (non-hydrogen) atoms. The lowest BCUT2D eigenvalue weighted by molar-refractivity contribution is -0.147. The molecule has 0 atom stereocenters. The highest BCUT2D eigenvalue weighted by atomic mass is 16.5. The molecule has 4 rings (SSSR count). The van der Waals surface area contributed by atoms with Crippen LogP contribution in [-0.2, 0) is 24.2 Å². The monoisotopic (exact) mass is 420 g/mol. The van der Waals surface area contributed by atoms with Crippen LogP contribution in [-0.4, -0.2) is 40.6 Å². The van der Waals surface area contributed by atoms with Gasteiger partial charge in [-0.3, -0.25) is 14.7 Å². The Labute approximate surface area is 184 Å². The summed E-state index contributed by atoms with van der Waals surface area (Å²) in [5, 5.41) is 9.07. The number of aryl methyl sites for hydroxylation is 1. The molecule has 1 fully saturated rings. The van der Waals surface area contributed by atoms with E-state index < -0.39 is 5.97 Å². The van der Waals surface area contributed by atoms with Crippen molar-refractivity contribution in [3.05, 3.63) is 64.5 Å². The van der Waals surface area contributed by atoms with E-state index in [9.17, 15) is 4.79 Å². The first-order valence-electron chi connectivity index (χ1n) is 11.2. The molecule has 5 heteroatoms. The summed E-state index contributed by atoms with van der Waals surface area (Å²) in [4.78, 5) is 17.8. The topological polar surface area (TPSA) is 62.7 Å². The number of carboxylic acid groups (broad SMARTS) is 1. The number of ether oxygens (including phenoxy) is 1. The molecule has 0 spiro atoms. The largest absolute Gasteiger partial charge is 0.489 e. The second-order valence-electron chi connectivity index (χ2n) is 9.32. The third-order valence-electron chi connectivity index (χ3n) is 6.34. The number of fused-ring (bicyclic) bond motifs is 1. The van der Waals surface area contributed by atoms with Gasteiger partial charge in [-0.25, -0.2) is 0 Å². The quantitative estimate of drug-likeness (QED) is 0.676. The van der Waals surface area contributed by atoms with Gasteiger partial charge < -0.3 is 9.84 Å². The fourth-order valence-corrected chi connectivity index (χ4v) is 4.46. The molecule has 0 saturated carbocycles. The van der Waals surface area contributed by atoms with Crippen molar-refractivity contribution in [1.29, 1.82) is 0 Å². The minimum absolute atomic E-state index is 0.196. The number of rotatable bonds is 8. The van der Waals surface area contributed by atoms with Crippen LogP contribution in [0.3, 0.4) is 0 Å². The Kier molecular flexibility index (Phi) is 6.42. The summed E-state index contributed by atoms with van der Waals surface area (Å²) in [6.07, 6.45) is 4.94. The number of carboxylic acids is 1. The molecule has 0 unspecified atom stereocenters. The zero-order valence-corrected chi connectivity index (χ0v) is 18.7. The van der Waals surface area contributed by atoms with E-state index in [-0.39, 0.29) is 5.92 Å². The van der Waals surface area contributed by atoms with Crippen LogP contribution in [0.4, 0.5) is 0 Å². The number of pyridine rings is 1. The van der Waals surface area contributed by atoms with Crippen LogP contribution in [0.15, 0.2) is 42.1 Å². The third-order valence-corrected chi connectivity index (χ3v) is 6.34. The van der Waals surface area contributed by atoms with Gasteiger partial charge in [0.15, 0.2) is 0 Å². The minimum Gasteiger partial charge on any atom is -0.489 e. The highest BCUT2D eigenvalue weighted by Gasteiger charge is 2.33. The first-order valence-corrected chi connectivity index (χ1v) is 11.2. The summed E-state index contributed by atoms with van der Waals surface area (Å²) in [5.41, 5.74) is 7.59. The lowest BCUT2D eigenvalue weighted by Crippen LogP contribution is -2.50. The second-order valence-corrected chi connectivity index (χ2v) is 9.32. The average Bonchev–Trinajstić information content (AvgIpc) is 2.70. The van der Waals surface area contributed by atoms with Crippen LogP contribution in [0.1, 0.15) is 49.6 Å². The Bertz CT molecular complexity index is 973. The zero-order chi connectivity index (χ0) is 22.0. The van der Waals surface area contributed by atoms with E-state index in [1.165, 1.54) is 22.3 Å². The van der Waals surface area contributed by atoms with Gasteiger partial charge in [-0.1, -0.05) is 31.6 Å². The van der Waals surface area contributed by atoms with Gasteiger partial charge in [-0.15, -0.1) is 0 Å². The molecule has 1 aromatic heterocycles. The van der Waals surface area contributed by atoms with Crippen molar-refractivity contribution < 1.29 is 14.6 Å². The van der Waals surface area contributed by atoms with Gasteiger partial charge in [-0.2, -0.15) is 0 Å². The molecule has 2 heterocycles. The number of aliphatic carboxylic acids is 1. The number of hydrogen-bond donors (Lipinski definition) is 1. The summed E-state index contributed by atoms with van der Waals surface area (Å²) in [6.45, 7) is 9.33. The molecule has 164 valence electrons. The summed E-state index contributed by atoms with van der Waals surface area (Å²) in [5.74, 6) is 0.632. The van der Waals surface area contributed by atoms with Crippen LogP contribution in [0.2, 0.25) is 0 Å². The Morgan fingerprint density at radius 2 is 2.03 bits per heavy atom. The number of benzene rings is 1. The molecule has 2 aliphatic rings. The predicted octanol–water partition coefficient (Wildman–Crippen LogP) is 4.60. The summed E-state index contributed by atoms with van der Waals surface area (Å²) < 4.78 is 6.05. The Hall–Kier alpha value is -2.66. The second kappa shape index (κ2) is 9.23. The fourth-order valence-electron chi connectivity index (χ4n) is 4.46. The normalized spacial score (nSPS) is 16.9. The molecule has 1 aromatic carbocycles. The van der Waals surface area contributed by atoms with E-state index in [0.717, 1.165) is 42.8 Å². The van der Waals surface area contributed by atoms with E-state index in [1.807, 2.05) is 6.20 Å². The number of allylic oxidation sites excluding steroid dienone is 1. The Morgan fingerprint density at radius 1 is 1.23 bits per heavy atom. The standard InChI is InChI=1S/C26H32N2O3/c1-17(2)10-23-7-4-19(12-27-23)16-31-24-8-9-25-18(3)21(6-5-20(25)11-24)13-28-14-22(15-28)26(29)30/h4,7-9,11-12,17,22H,5-6,10,13-16H2,1-3H3,(H,29,30). The summed E-state index contributed by atoms with van der Waals surface area (Å²) in [7, 11) is 0. The highest BCUT2D eigenvalue weighted by molar-refractivity contribution is 5.73. The predicted molar refractivity (Wildman–Crippen MR) is 122 cm³/mol. The lowest BCUT2D eigenvalue weighted by Gasteiger charge is -2.38. The van der Waals surface area contributed by atoms with Gasteiger partial charge in [0.25, 0.3) is 0 Å². The van der Waals surface area contributed by atoms with Crippen LogP contribution >= 0.6 is 0 Å². The lowest BCUT2D eigenvalue weighted by atomic mass is 9.85. The van der Waals surface area contributed by atoms with Crippen molar-refractivity contribution in [1.82, 2.24) is 9.88 Å². The maximum atomic E-state index is 11.0. The van der Waals surface area contributed by atoms with E-state index >= 15 is 0 Å². The Balaban J connectivity index is 1.36. The third kappa shape index (κ3) is 5.16. The van der Waals surface area contributed by atoms with E-state index in [0.29, 0.717) is 25.6 Å². The maximum Gasteiger partial charge on any atom is 0.309 e. The molecular formula is C26H32N2O3. The average molecular weight is 421 g/mol. The van der Waals surface area contributed by atoms with Gasteiger partial charge in [0.1, 0.15) is 12.4 Å². The van der Waals surface area contributed by atoms with Gasteiger partial charge in [0.05, 0.1) is 5.92 Å². The van der Waals surface area contributed by atoms with Gasteiger partial charge in [0, 0.05) is 37.1 Å². The number of carbonyl (C=O) groups is 1. The van der Waals surface area contributed by atoms with E-state index in [4.69, 9.17) is 9.84 Å². The molecule has 0 amide bonds. The smallest absolute Gasteiger partial charge is 0.309 e. The molecule has 1 N–H and O–H groups in total. The Morgan fingerprint density at radius 3 is 2.71 bits per heavy atom. The van der Waals surface area contributed by atoms with Crippen molar-refractivity contribution in [2.24, 2.45) is 11.8 Å². The molecule has 1 aliphatic carbocycles. The van der Waals surface area contributed by atoms with Crippen LogP contribution < -0.4 is 4.74 Å². The van der Waals surface area contributed by atoms with Crippen molar-refractivity contribution in [2.45, 2.75) is 46.6 Å². The molecule has 0 radical (unpaired) electrons. The fraction of sp³-hybridized carbons (Fsp3) is 0.462. The van der Waals surface area contributed by atoms with Gasteiger partial charge in [-0.05, 0) is 67.0 Å². The van der Waals surface area contributed by atoms with Crippen molar-refractivity contribution >= 4 is 11.5 Å². The first kappa shape index (κ1) is 21.6. The van der Waals surface area contributed by atoms with Crippen LogP contribution in [0, 0.1) is 11.8 Å². The van der Waals surface area contributed by atoms with Gasteiger partial charge in [0.2, 0.25) is 0 Å². The molecule has 1 saturated heterocycles. The molecular weight excluding hydrogens is 388 g/mol. The number of nitrogens with zero attached hydrogens (tertiary/aromatic N) is 2. The SMILES string of the molecule is CC1=C(CN2CC(C(=O)O)C2)CCc2cc(OCc3ccc(CC(C)C)nc3)ccc21. The van der Waals surface area contributed by atoms with Gasteiger partial charge >= 0.3 is 5.97 Å². The van der Waals surface area contributed by atoms with Crippen molar-refractivity contribution in [2.75, 3.05) is 19.6 Å². The first-order chi connectivity index (χ1) is 14.9. The number of likely N-dealkylation sites (tertiary alicyclic amines) is 1. The summed E-state index contributed by atoms with van der Waals surface area (Å²) >= 11 is 0. The van der Waals surface area contributed by atoms with E-state index in [1.54, 1.807) is 0 Å². The number of hydrogen-bond acceptors (Lipinski definition) is 4. The minimum atomic E-state index is -0.675. The summed E-state index contributed by atoms with van der Waals surface area (Å²) in [6, 6.07) is 10.6. The van der Waals surface area contributed by atoms with Crippen LogP contribution in [0.25, 0.3) is 5.57 Å². The van der Waals surface area contributed by atoms with Crippen molar-refractivity contribution in [3.8, 4) is 5.75 Å². The molecule has 1 aliphatic heterocycles. The maximum absolute atomic E-state index is 11.0. The molecule has 5 nitrogen and oxygen atoms in total. The molecule has 2 aromatic rings. The van der Waals surface area contributed by atoms with Crippen LogP contribution in [0.5, 0.6) is 5.75 Å². The number of aromatic nitrogens is 1. The zero-order valence-electron chi connectivity index (χ0n) is 18.7. The van der Waals surface area contributed by atoms with Crippen molar-refractivity contribution in [3.63, 3.8) is 0 Å². The highest BCUT2D eigenvalue weighted by Crippen LogP contribution is 2.34.